The third-order valence-corrected chi connectivity index (χ3v) is 5.68. The number of aliphatic carboxylic acids is 1. The second-order valence-corrected chi connectivity index (χ2v) is 7.52. The Morgan fingerprint density at radius 3 is 2.62 bits per heavy atom. The number of nitrogens with zero attached hydrogens (tertiary/aromatic N) is 2. The van der Waals surface area contributed by atoms with Gasteiger partial charge in [0.15, 0.2) is 0 Å². The Morgan fingerprint density at radius 1 is 1.31 bits per heavy atom. The van der Waals surface area contributed by atoms with Gasteiger partial charge in [-0.25, -0.2) is 4.39 Å². The fraction of sp³-hybridized carbons (Fsp3) is 0.600. The molecule has 0 unspecified atom stereocenters. The standard InChI is InChI=1S/C20H27FN2O3/c1-14-4-5-16(17(21)13-14)19(20(25)26)23-11-7-15(8-12-23)6-10-22-9-2-3-18(22)24/h4-5,13,15,19H,2-3,6-12H2,1H3,(H,25,26)/t19-/m1/s1. The monoisotopic (exact) mass is 362 g/mol. The first-order valence-electron chi connectivity index (χ1n) is 9.46. The second kappa shape index (κ2) is 8.16. The van der Waals surface area contributed by atoms with Crippen molar-refractivity contribution >= 4 is 11.9 Å². The van der Waals surface area contributed by atoms with Crippen molar-refractivity contribution in [3.05, 3.63) is 35.1 Å². The second-order valence-electron chi connectivity index (χ2n) is 7.52. The van der Waals surface area contributed by atoms with E-state index in [1.807, 2.05) is 9.80 Å². The number of amides is 1. The molecule has 1 amide bonds. The first-order chi connectivity index (χ1) is 12.5. The number of halogens is 1. The summed E-state index contributed by atoms with van der Waals surface area (Å²) in [6.45, 7) is 4.74. The summed E-state index contributed by atoms with van der Waals surface area (Å²) in [4.78, 5) is 27.3. The number of piperidine rings is 1. The van der Waals surface area contributed by atoms with Crippen molar-refractivity contribution in [1.29, 1.82) is 0 Å². The lowest BCUT2D eigenvalue weighted by Gasteiger charge is -2.36. The molecule has 0 aliphatic carbocycles. The zero-order valence-electron chi connectivity index (χ0n) is 15.3. The van der Waals surface area contributed by atoms with Gasteiger partial charge in [0.2, 0.25) is 5.91 Å². The van der Waals surface area contributed by atoms with Crippen molar-refractivity contribution in [2.24, 2.45) is 5.92 Å². The Hall–Kier alpha value is -1.95. The average molecular weight is 362 g/mol. The van der Waals surface area contributed by atoms with Crippen LogP contribution in [0.3, 0.4) is 0 Å². The minimum Gasteiger partial charge on any atom is -0.480 e. The Morgan fingerprint density at radius 2 is 2.04 bits per heavy atom. The summed E-state index contributed by atoms with van der Waals surface area (Å²) in [5.74, 6) is -0.707. The quantitative estimate of drug-likeness (QED) is 0.845. The van der Waals surface area contributed by atoms with E-state index in [2.05, 4.69) is 0 Å². The van der Waals surface area contributed by atoms with Gasteiger partial charge in [-0.1, -0.05) is 12.1 Å². The molecule has 5 nitrogen and oxygen atoms in total. The maximum absolute atomic E-state index is 14.3. The van der Waals surface area contributed by atoms with Crippen LogP contribution in [0.1, 0.15) is 49.3 Å². The maximum Gasteiger partial charge on any atom is 0.325 e. The van der Waals surface area contributed by atoms with Gasteiger partial charge in [-0.15, -0.1) is 0 Å². The molecular weight excluding hydrogens is 335 g/mol. The van der Waals surface area contributed by atoms with Crippen LogP contribution in [-0.2, 0) is 9.59 Å². The van der Waals surface area contributed by atoms with Gasteiger partial charge in [-0.2, -0.15) is 0 Å². The van der Waals surface area contributed by atoms with E-state index in [-0.39, 0.29) is 11.5 Å². The molecule has 2 heterocycles. The Balaban J connectivity index is 1.58. The van der Waals surface area contributed by atoms with Gasteiger partial charge in [-0.05, 0) is 63.2 Å². The summed E-state index contributed by atoms with van der Waals surface area (Å²) in [7, 11) is 0. The van der Waals surface area contributed by atoms with E-state index in [1.165, 1.54) is 6.07 Å². The van der Waals surface area contributed by atoms with E-state index in [4.69, 9.17) is 0 Å². The summed E-state index contributed by atoms with van der Waals surface area (Å²) in [6.07, 6.45) is 4.37. The highest BCUT2D eigenvalue weighted by Gasteiger charge is 2.33. The summed E-state index contributed by atoms with van der Waals surface area (Å²) < 4.78 is 14.3. The number of likely N-dealkylation sites (tertiary alicyclic amines) is 2. The van der Waals surface area contributed by atoms with Gasteiger partial charge >= 0.3 is 5.97 Å². The van der Waals surface area contributed by atoms with Crippen LogP contribution in [0.5, 0.6) is 0 Å². The fourth-order valence-electron chi connectivity index (χ4n) is 4.12. The van der Waals surface area contributed by atoms with Crippen LogP contribution in [0.4, 0.5) is 4.39 Å². The van der Waals surface area contributed by atoms with E-state index >= 15 is 0 Å². The minimum absolute atomic E-state index is 0.240. The third-order valence-electron chi connectivity index (χ3n) is 5.68. The summed E-state index contributed by atoms with van der Waals surface area (Å²) >= 11 is 0. The average Bonchev–Trinajstić information content (AvgIpc) is 3.01. The predicted molar refractivity (Wildman–Crippen MR) is 96.2 cm³/mol. The topological polar surface area (TPSA) is 60.9 Å². The van der Waals surface area contributed by atoms with Gasteiger partial charge in [0, 0.05) is 25.1 Å². The molecule has 3 rings (SSSR count). The summed E-state index contributed by atoms with van der Waals surface area (Å²) in [5.41, 5.74) is 1.02. The van der Waals surface area contributed by atoms with Gasteiger partial charge < -0.3 is 10.0 Å². The van der Waals surface area contributed by atoms with Crippen LogP contribution >= 0.6 is 0 Å². The molecule has 0 radical (unpaired) electrons. The Kier molecular flexibility index (Phi) is 5.91. The van der Waals surface area contributed by atoms with Crippen molar-refractivity contribution < 1.29 is 19.1 Å². The van der Waals surface area contributed by atoms with Crippen molar-refractivity contribution in [2.45, 2.75) is 45.1 Å². The van der Waals surface area contributed by atoms with E-state index in [9.17, 15) is 19.1 Å². The lowest BCUT2D eigenvalue weighted by Crippen LogP contribution is -2.41. The molecule has 1 atom stereocenters. The normalized spacial score (nSPS) is 20.5. The molecule has 1 N–H and O–H groups in total. The lowest BCUT2D eigenvalue weighted by molar-refractivity contribution is -0.144. The van der Waals surface area contributed by atoms with Crippen molar-refractivity contribution in [3.63, 3.8) is 0 Å². The van der Waals surface area contributed by atoms with Gasteiger partial charge in [0.05, 0.1) is 0 Å². The minimum atomic E-state index is -1.01. The number of aryl methyl sites for hydroxylation is 1. The van der Waals surface area contributed by atoms with Crippen LogP contribution in [0.25, 0.3) is 0 Å². The molecule has 2 aliphatic heterocycles. The summed E-state index contributed by atoms with van der Waals surface area (Å²) in [6, 6.07) is 3.81. The van der Waals surface area contributed by atoms with Crippen LogP contribution < -0.4 is 0 Å². The highest BCUT2D eigenvalue weighted by atomic mass is 19.1. The molecule has 142 valence electrons. The first kappa shape index (κ1) is 18.8. The Bertz CT molecular complexity index is 671. The molecule has 1 aromatic carbocycles. The zero-order valence-corrected chi connectivity index (χ0v) is 15.3. The molecule has 2 aliphatic rings. The number of hydrogen-bond acceptors (Lipinski definition) is 3. The molecule has 2 fully saturated rings. The molecule has 2 saturated heterocycles. The van der Waals surface area contributed by atoms with Crippen LogP contribution in [0.15, 0.2) is 18.2 Å². The summed E-state index contributed by atoms with van der Waals surface area (Å²) in [5, 5.41) is 9.66. The molecule has 6 heteroatoms. The number of carbonyl (C=O) groups excluding carboxylic acids is 1. The fourth-order valence-corrected chi connectivity index (χ4v) is 4.12. The molecule has 0 bridgehead atoms. The highest BCUT2D eigenvalue weighted by molar-refractivity contribution is 5.78. The van der Waals surface area contributed by atoms with E-state index in [0.717, 1.165) is 44.3 Å². The number of rotatable bonds is 6. The molecule has 26 heavy (non-hydrogen) atoms. The molecule has 0 saturated carbocycles. The van der Waals surface area contributed by atoms with E-state index in [0.29, 0.717) is 25.4 Å². The van der Waals surface area contributed by atoms with Crippen LogP contribution in [-0.4, -0.2) is 53.0 Å². The van der Waals surface area contributed by atoms with Crippen LogP contribution in [0, 0.1) is 18.7 Å². The number of carbonyl (C=O) groups is 2. The van der Waals surface area contributed by atoms with Gasteiger partial charge in [0.1, 0.15) is 11.9 Å². The van der Waals surface area contributed by atoms with Crippen molar-refractivity contribution in [2.75, 3.05) is 26.2 Å². The SMILES string of the molecule is Cc1ccc([C@H](C(=O)O)N2CCC(CCN3CCCC3=O)CC2)c(F)c1. The number of hydrogen-bond donors (Lipinski definition) is 1. The smallest absolute Gasteiger partial charge is 0.325 e. The van der Waals surface area contributed by atoms with Gasteiger partial charge in [-0.3, -0.25) is 14.5 Å². The highest BCUT2D eigenvalue weighted by Crippen LogP contribution is 2.30. The largest absolute Gasteiger partial charge is 0.480 e. The first-order valence-corrected chi connectivity index (χ1v) is 9.46. The number of carboxylic acids is 1. The number of carboxylic acid groups (broad SMARTS) is 1. The van der Waals surface area contributed by atoms with Crippen molar-refractivity contribution in [1.82, 2.24) is 9.80 Å². The molecule has 1 aromatic rings. The predicted octanol–water partition coefficient (Wildman–Crippen LogP) is 2.98. The lowest BCUT2D eigenvalue weighted by atomic mass is 9.91. The van der Waals surface area contributed by atoms with E-state index < -0.39 is 17.8 Å². The van der Waals surface area contributed by atoms with Gasteiger partial charge in [0.25, 0.3) is 0 Å². The zero-order chi connectivity index (χ0) is 18.7. The molecular formula is C20H27FN2O3. The maximum atomic E-state index is 14.3. The van der Waals surface area contributed by atoms with Crippen molar-refractivity contribution in [3.8, 4) is 0 Å². The molecule has 0 aromatic heterocycles. The third kappa shape index (κ3) is 4.23. The van der Waals surface area contributed by atoms with E-state index in [1.54, 1.807) is 19.1 Å². The Labute approximate surface area is 153 Å². The number of benzene rings is 1. The molecule has 0 spiro atoms. The van der Waals surface area contributed by atoms with Crippen LogP contribution in [0.2, 0.25) is 0 Å².